The number of carbonyl (C=O) groups excluding carboxylic acids is 1. The number of hydrogen-bond donors (Lipinski definition) is 4. The predicted octanol–water partition coefficient (Wildman–Crippen LogP) is 5.89. The lowest BCUT2D eigenvalue weighted by Gasteiger charge is -2.26. The van der Waals surface area contributed by atoms with Crippen molar-refractivity contribution in [1.82, 2.24) is 15.2 Å². The first-order chi connectivity index (χ1) is 21.3. The number of nitrogens with one attached hydrogen (secondary N) is 2. The third-order valence-electron chi connectivity index (χ3n) is 7.47. The Morgan fingerprint density at radius 2 is 1.64 bits per heavy atom. The zero-order valence-corrected chi connectivity index (χ0v) is 24.0. The first kappa shape index (κ1) is 28.6. The van der Waals surface area contributed by atoms with E-state index in [1.54, 1.807) is 18.3 Å². The summed E-state index contributed by atoms with van der Waals surface area (Å²) in [6, 6.07) is 25.4. The molecule has 10 nitrogen and oxygen atoms in total. The molecule has 2 atom stereocenters. The van der Waals surface area contributed by atoms with Crippen LogP contribution in [0.25, 0.3) is 22.1 Å². The molecule has 3 heterocycles. The van der Waals surface area contributed by atoms with Crippen LogP contribution >= 0.6 is 12.2 Å². The number of pyridine rings is 1. The molecule has 1 aliphatic rings. The number of carbonyl (C=O) groups is 3. The normalized spacial score (nSPS) is 16.1. The summed E-state index contributed by atoms with van der Waals surface area (Å²) in [7, 11) is 0. The van der Waals surface area contributed by atoms with Gasteiger partial charge in [-0.1, -0.05) is 42.5 Å². The molecule has 4 N–H and O–H groups in total. The van der Waals surface area contributed by atoms with E-state index in [1.807, 2.05) is 65.6 Å². The average Bonchev–Trinajstić information content (AvgIpc) is 3.65. The fourth-order valence-corrected chi connectivity index (χ4v) is 5.74. The summed E-state index contributed by atoms with van der Waals surface area (Å²) in [5.41, 5.74) is 1.38. The van der Waals surface area contributed by atoms with E-state index in [0.29, 0.717) is 22.1 Å². The molecule has 1 fully saturated rings. The molecule has 3 aromatic carbocycles. The highest BCUT2D eigenvalue weighted by Crippen LogP contribution is 2.40. The van der Waals surface area contributed by atoms with Gasteiger partial charge in [-0.05, 0) is 66.1 Å². The fourth-order valence-electron chi connectivity index (χ4n) is 5.41. The zero-order chi connectivity index (χ0) is 30.8. The van der Waals surface area contributed by atoms with Gasteiger partial charge in [-0.15, -0.1) is 0 Å². The molecule has 11 heteroatoms. The van der Waals surface area contributed by atoms with Gasteiger partial charge in [0.05, 0.1) is 22.9 Å². The van der Waals surface area contributed by atoms with Crippen LogP contribution in [0, 0.1) is 0 Å². The van der Waals surface area contributed by atoms with Crippen LogP contribution in [0.5, 0.6) is 0 Å². The molecule has 0 bridgehead atoms. The number of rotatable bonds is 9. The van der Waals surface area contributed by atoms with Crippen molar-refractivity contribution < 1.29 is 29.0 Å². The Kier molecular flexibility index (Phi) is 7.78. The molecule has 0 unspecified atom stereocenters. The molecule has 220 valence electrons. The predicted molar refractivity (Wildman–Crippen MR) is 167 cm³/mol. The van der Waals surface area contributed by atoms with Gasteiger partial charge in [0.25, 0.3) is 0 Å². The molecule has 1 saturated heterocycles. The Labute approximate surface area is 257 Å². The van der Waals surface area contributed by atoms with E-state index >= 15 is 0 Å². The van der Waals surface area contributed by atoms with E-state index in [0.717, 1.165) is 22.5 Å². The van der Waals surface area contributed by atoms with Gasteiger partial charge in [0.15, 0.2) is 5.11 Å². The van der Waals surface area contributed by atoms with Crippen molar-refractivity contribution in [3.8, 4) is 11.3 Å². The van der Waals surface area contributed by atoms with Crippen molar-refractivity contribution in [3.63, 3.8) is 0 Å². The molecule has 0 radical (unpaired) electrons. The minimum absolute atomic E-state index is 0.132. The van der Waals surface area contributed by atoms with Crippen LogP contribution in [0.3, 0.4) is 0 Å². The van der Waals surface area contributed by atoms with Crippen molar-refractivity contribution in [2.45, 2.75) is 18.5 Å². The SMILES string of the molecule is O=C(CCN1C(=S)N[C@H](c2ccccn2)[C@@H]1c1ccc(-c2cc(C(=O)O)cc(C(=O)O)c2)o1)Nc1cccc2ccccc12. The van der Waals surface area contributed by atoms with Crippen LogP contribution in [0.15, 0.2) is 102 Å². The average molecular weight is 607 g/mol. The molecule has 5 aromatic rings. The number of thiocarbonyl (C=S) groups is 1. The number of nitrogens with zero attached hydrogens (tertiary/aromatic N) is 2. The van der Waals surface area contributed by atoms with Crippen LogP contribution in [0.1, 0.15) is 50.7 Å². The van der Waals surface area contributed by atoms with E-state index in [4.69, 9.17) is 16.6 Å². The van der Waals surface area contributed by atoms with Crippen LogP contribution in [-0.2, 0) is 4.79 Å². The highest BCUT2D eigenvalue weighted by molar-refractivity contribution is 7.80. The summed E-state index contributed by atoms with van der Waals surface area (Å²) < 4.78 is 6.25. The van der Waals surface area contributed by atoms with Crippen LogP contribution in [0.4, 0.5) is 5.69 Å². The second-order valence-corrected chi connectivity index (χ2v) is 10.6. The maximum absolute atomic E-state index is 13.1. The van der Waals surface area contributed by atoms with Gasteiger partial charge >= 0.3 is 11.9 Å². The zero-order valence-electron chi connectivity index (χ0n) is 23.1. The van der Waals surface area contributed by atoms with Crippen LogP contribution < -0.4 is 10.6 Å². The quantitative estimate of drug-likeness (QED) is 0.150. The standard InChI is InChI=1S/C33H26N4O6S/c38-28(35-24-10-5-7-19-6-1-2-8-23(19)24)13-15-37-30(29(36-33(37)44)25-9-3-4-14-34-25)27-12-11-26(43-27)20-16-21(31(39)40)18-22(17-20)32(41)42/h1-12,14,16-18,29-30H,13,15H2,(H,35,38)(H,36,44)(H,39,40)(H,41,42)/t29-,30+/m1/s1. The number of benzene rings is 3. The molecule has 1 amide bonds. The molecule has 6 rings (SSSR count). The van der Waals surface area contributed by atoms with E-state index in [-0.39, 0.29) is 35.8 Å². The summed E-state index contributed by atoms with van der Waals surface area (Å²) in [5.74, 6) is -1.92. The first-order valence-electron chi connectivity index (χ1n) is 13.8. The van der Waals surface area contributed by atoms with Gasteiger partial charge < -0.3 is 30.2 Å². The Hall–Kier alpha value is -5.55. The number of fused-ring (bicyclic) bond motifs is 1. The number of carboxylic acids is 2. The number of aromatic nitrogens is 1. The summed E-state index contributed by atoms with van der Waals surface area (Å²) in [6.07, 6.45) is 1.81. The number of carboxylic acid groups (broad SMARTS) is 2. The molecule has 0 saturated carbocycles. The maximum Gasteiger partial charge on any atom is 0.335 e. The highest BCUT2D eigenvalue weighted by atomic mass is 32.1. The van der Waals surface area contributed by atoms with Crippen molar-refractivity contribution in [2.24, 2.45) is 0 Å². The van der Waals surface area contributed by atoms with E-state index in [1.165, 1.54) is 12.1 Å². The highest BCUT2D eigenvalue weighted by Gasteiger charge is 2.41. The third-order valence-corrected chi connectivity index (χ3v) is 7.82. The van der Waals surface area contributed by atoms with Crippen molar-refractivity contribution in [1.29, 1.82) is 0 Å². The van der Waals surface area contributed by atoms with Crippen LogP contribution in [-0.4, -0.2) is 49.6 Å². The molecule has 0 spiro atoms. The van der Waals surface area contributed by atoms with E-state index < -0.39 is 24.0 Å². The van der Waals surface area contributed by atoms with Gasteiger partial charge in [0, 0.05) is 35.8 Å². The molecule has 2 aromatic heterocycles. The Bertz CT molecular complexity index is 1870. The van der Waals surface area contributed by atoms with E-state index in [2.05, 4.69) is 15.6 Å². The minimum atomic E-state index is -1.25. The van der Waals surface area contributed by atoms with Crippen molar-refractivity contribution in [3.05, 3.63) is 120 Å². The number of furan rings is 1. The Morgan fingerprint density at radius 3 is 2.36 bits per heavy atom. The monoisotopic (exact) mass is 606 g/mol. The Morgan fingerprint density at radius 1 is 0.909 bits per heavy atom. The molecule has 44 heavy (non-hydrogen) atoms. The number of hydrogen-bond acceptors (Lipinski definition) is 6. The smallest absolute Gasteiger partial charge is 0.335 e. The molecule has 1 aliphatic heterocycles. The van der Waals surface area contributed by atoms with E-state index in [9.17, 15) is 24.6 Å². The summed E-state index contributed by atoms with van der Waals surface area (Å²) in [6.45, 7) is 0.268. The number of aromatic carboxylic acids is 2. The van der Waals surface area contributed by atoms with Gasteiger partial charge in [-0.3, -0.25) is 9.78 Å². The Balaban J connectivity index is 1.29. The lowest BCUT2D eigenvalue weighted by Crippen LogP contribution is -2.32. The minimum Gasteiger partial charge on any atom is -0.478 e. The summed E-state index contributed by atoms with van der Waals surface area (Å²) >= 11 is 5.71. The van der Waals surface area contributed by atoms with Crippen molar-refractivity contribution in [2.75, 3.05) is 11.9 Å². The second kappa shape index (κ2) is 12.0. The topological polar surface area (TPSA) is 145 Å². The van der Waals surface area contributed by atoms with Gasteiger partial charge in [0.2, 0.25) is 5.91 Å². The van der Waals surface area contributed by atoms with Gasteiger partial charge in [-0.2, -0.15) is 0 Å². The first-order valence-corrected chi connectivity index (χ1v) is 14.2. The molecule has 0 aliphatic carbocycles. The third kappa shape index (κ3) is 5.72. The summed E-state index contributed by atoms with van der Waals surface area (Å²) in [4.78, 5) is 42.9. The van der Waals surface area contributed by atoms with Gasteiger partial charge in [0.1, 0.15) is 17.6 Å². The van der Waals surface area contributed by atoms with Gasteiger partial charge in [-0.25, -0.2) is 9.59 Å². The van der Waals surface area contributed by atoms with Crippen LogP contribution in [0.2, 0.25) is 0 Å². The summed E-state index contributed by atoms with van der Waals surface area (Å²) in [5, 5.41) is 27.7. The fraction of sp³-hybridized carbons (Fsp3) is 0.121. The lowest BCUT2D eigenvalue weighted by atomic mass is 10.0. The maximum atomic E-state index is 13.1. The number of amides is 1. The molecular weight excluding hydrogens is 580 g/mol. The largest absolute Gasteiger partial charge is 0.478 e. The lowest BCUT2D eigenvalue weighted by molar-refractivity contribution is -0.116. The second-order valence-electron chi connectivity index (χ2n) is 10.3. The van der Waals surface area contributed by atoms with Crippen molar-refractivity contribution >= 4 is 51.6 Å². The number of anilines is 1. The molecular formula is C33H26N4O6S.